The number of thioether (sulfide) groups is 1. The molecule has 0 aromatic carbocycles. The minimum atomic E-state index is -4.22. The maximum Gasteiger partial charge on any atom is 0.441 e. The Morgan fingerprint density at radius 3 is 2.75 bits per heavy atom. The first-order valence-corrected chi connectivity index (χ1v) is 6.11. The Balaban J connectivity index is 2.36. The van der Waals surface area contributed by atoms with Crippen LogP contribution in [-0.4, -0.2) is 22.8 Å². The van der Waals surface area contributed by atoms with Gasteiger partial charge in [0.2, 0.25) is 0 Å². The summed E-state index contributed by atoms with van der Waals surface area (Å²) in [5.74, 6) is -0.122. The maximum atomic E-state index is 11.8. The average Bonchev–Trinajstić information content (AvgIpc) is 2.52. The monoisotopic (exact) mass is 287 g/mol. The third-order valence-electron chi connectivity index (χ3n) is 1.33. The van der Waals surface area contributed by atoms with E-state index in [2.05, 4.69) is 10.3 Å². The Kier molecular flexibility index (Phi) is 4.70. The minimum Gasteiger partial charge on any atom is -0.361 e. The van der Waals surface area contributed by atoms with Gasteiger partial charge in [0.05, 0.1) is 0 Å². The number of nitrogens with one attached hydrogen (secondary N) is 1. The third-order valence-corrected chi connectivity index (χ3v) is 3.37. The van der Waals surface area contributed by atoms with Gasteiger partial charge in [-0.2, -0.15) is 18.4 Å². The quantitative estimate of drug-likeness (QED) is 0.863. The zero-order valence-corrected chi connectivity index (χ0v) is 10.0. The average molecular weight is 288 g/mol. The molecule has 1 heterocycles. The number of nitrogens with zero attached hydrogens (tertiary/aromatic N) is 2. The second-order valence-electron chi connectivity index (χ2n) is 2.47. The number of halogens is 4. The van der Waals surface area contributed by atoms with E-state index in [0.29, 0.717) is 5.13 Å². The van der Waals surface area contributed by atoms with Crippen molar-refractivity contribution in [3.8, 4) is 6.07 Å². The second-order valence-corrected chi connectivity index (χ2v) is 4.99. The van der Waals surface area contributed by atoms with Crippen molar-refractivity contribution in [1.29, 1.82) is 5.26 Å². The summed E-state index contributed by atoms with van der Waals surface area (Å²) < 4.78 is 35.3. The molecule has 0 spiro atoms. The van der Waals surface area contributed by atoms with E-state index >= 15 is 0 Å². The lowest BCUT2D eigenvalue weighted by atomic mass is 10.6. The molecular weight excluding hydrogens is 283 g/mol. The Bertz CT molecular complexity index is 399. The van der Waals surface area contributed by atoms with Crippen LogP contribution >= 0.6 is 34.7 Å². The van der Waals surface area contributed by atoms with Crippen LogP contribution in [-0.2, 0) is 0 Å². The zero-order chi connectivity index (χ0) is 12.2. The molecule has 0 radical (unpaired) electrons. The molecule has 0 aliphatic heterocycles. The van der Waals surface area contributed by atoms with E-state index in [-0.39, 0.29) is 34.1 Å². The molecule has 1 rings (SSSR count). The molecule has 0 aliphatic rings. The molecule has 0 saturated heterocycles. The van der Waals surface area contributed by atoms with E-state index in [1.54, 1.807) is 0 Å². The van der Waals surface area contributed by atoms with Crippen LogP contribution in [0.4, 0.5) is 18.3 Å². The van der Waals surface area contributed by atoms with Gasteiger partial charge in [0, 0.05) is 12.3 Å². The standard InChI is InChI=1S/C7H5ClF3N3S2/c8-5-4(3-12)16-6(14-5)13-1-2-15-7(9,10)11/h1-2H2,(H,13,14). The summed E-state index contributed by atoms with van der Waals surface area (Å²) in [6.07, 6.45) is 0. The van der Waals surface area contributed by atoms with Gasteiger partial charge in [0.15, 0.2) is 10.3 Å². The number of hydrogen-bond donors (Lipinski definition) is 1. The molecule has 1 aromatic rings. The number of aromatic nitrogens is 1. The van der Waals surface area contributed by atoms with Gasteiger partial charge >= 0.3 is 5.51 Å². The molecule has 88 valence electrons. The number of rotatable bonds is 4. The van der Waals surface area contributed by atoms with Crippen LogP contribution in [0, 0.1) is 11.3 Å². The molecule has 16 heavy (non-hydrogen) atoms. The normalized spacial score (nSPS) is 11.2. The molecule has 0 unspecified atom stereocenters. The van der Waals surface area contributed by atoms with Gasteiger partial charge in [-0.3, -0.25) is 0 Å². The number of nitriles is 1. The van der Waals surface area contributed by atoms with E-state index in [9.17, 15) is 13.2 Å². The predicted octanol–water partition coefficient (Wildman–Crippen LogP) is 3.33. The highest BCUT2D eigenvalue weighted by Crippen LogP contribution is 2.30. The fourth-order valence-electron chi connectivity index (χ4n) is 0.771. The van der Waals surface area contributed by atoms with Crippen molar-refractivity contribution in [2.24, 2.45) is 0 Å². The molecule has 0 amide bonds. The third kappa shape index (κ3) is 4.47. The molecule has 0 saturated carbocycles. The van der Waals surface area contributed by atoms with Gasteiger partial charge in [-0.15, -0.1) is 0 Å². The first-order valence-electron chi connectivity index (χ1n) is 3.93. The van der Waals surface area contributed by atoms with Crippen LogP contribution in [0.2, 0.25) is 5.15 Å². The van der Waals surface area contributed by atoms with Crippen molar-refractivity contribution >= 4 is 39.8 Å². The van der Waals surface area contributed by atoms with Crippen LogP contribution in [0.5, 0.6) is 0 Å². The first-order chi connectivity index (χ1) is 7.42. The number of alkyl halides is 3. The van der Waals surface area contributed by atoms with Crippen LogP contribution in [0.3, 0.4) is 0 Å². The van der Waals surface area contributed by atoms with Gasteiger partial charge in [-0.25, -0.2) is 4.98 Å². The minimum absolute atomic E-state index is 0.0680. The first kappa shape index (κ1) is 13.4. The Morgan fingerprint density at radius 1 is 1.56 bits per heavy atom. The topological polar surface area (TPSA) is 48.7 Å². The molecule has 0 fully saturated rings. The number of hydrogen-bond acceptors (Lipinski definition) is 5. The van der Waals surface area contributed by atoms with Gasteiger partial charge in [-0.05, 0) is 11.8 Å². The molecule has 0 bridgehead atoms. The van der Waals surface area contributed by atoms with Crippen molar-refractivity contribution in [3.05, 3.63) is 10.0 Å². The van der Waals surface area contributed by atoms with Crippen LogP contribution in [0.25, 0.3) is 0 Å². The molecule has 3 nitrogen and oxygen atoms in total. The number of anilines is 1. The summed E-state index contributed by atoms with van der Waals surface area (Å²) in [5, 5.41) is 11.6. The SMILES string of the molecule is N#Cc1sc(NCCSC(F)(F)F)nc1Cl. The Hall–Kier alpha value is -0.650. The van der Waals surface area contributed by atoms with Gasteiger partial charge in [-0.1, -0.05) is 22.9 Å². The van der Waals surface area contributed by atoms with Crippen molar-refractivity contribution < 1.29 is 13.2 Å². The molecule has 1 N–H and O–H groups in total. The highest BCUT2D eigenvalue weighted by atomic mass is 35.5. The largest absolute Gasteiger partial charge is 0.441 e. The van der Waals surface area contributed by atoms with Crippen LogP contribution in [0.1, 0.15) is 4.88 Å². The Labute approximate surface area is 103 Å². The van der Waals surface area contributed by atoms with Crippen molar-refractivity contribution in [2.45, 2.75) is 5.51 Å². The fourth-order valence-corrected chi connectivity index (χ4v) is 2.18. The van der Waals surface area contributed by atoms with Crippen LogP contribution in [0.15, 0.2) is 0 Å². The summed E-state index contributed by atoms with van der Waals surface area (Å²) >= 11 is 6.48. The zero-order valence-electron chi connectivity index (χ0n) is 7.64. The highest BCUT2D eigenvalue weighted by Gasteiger charge is 2.27. The van der Waals surface area contributed by atoms with Gasteiger partial charge in [0.25, 0.3) is 0 Å². The van der Waals surface area contributed by atoms with Gasteiger partial charge in [0.1, 0.15) is 10.9 Å². The highest BCUT2D eigenvalue weighted by molar-refractivity contribution is 8.00. The number of thiazole rings is 1. The molecular formula is C7H5ClF3N3S2. The van der Waals surface area contributed by atoms with E-state index in [1.165, 1.54) is 0 Å². The summed E-state index contributed by atoms with van der Waals surface area (Å²) in [6.45, 7) is 0.110. The molecule has 1 aromatic heterocycles. The summed E-state index contributed by atoms with van der Waals surface area (Å²) in [6, 6.07) is 1.83. The lowest BCUT2D eigenvalue weighted by molar-refractivity contribution is -0.0327. The maximum absolute atomic E-state index is 11.8. The molecule has 9 heteroatoms. The smallest absolute Gasteiger partial charge is 0.361 e. The van der Waals surface area contributed by atoms with E-state index in [0.717, 1.165) is 11.3 Å². The fraction of sp³-hybridized carbons (Fsp3) is 0.429. The van der Waals surface area contributed by atoms with Crippen molar-refractivity contribution in [3.63, 3.8) is 0 Å². The van der Waals surface area contributed by atoms with E-state index < -0.39 is 5.51 Å². The lowest BCUT2D eigenvalue weighted by Crippen LogP contribution is -2.09. The molecule has 0 aliphatic carbocycles. The van der Waals surface area contributed by atoms with Gasteiger partial charge < -0.3 is 5.32 Å². The second kappa shape index (κ2) is 5.61. The van der Waals surface area contributed by atoms with Crippen LogP contribution < -0.4 is 5.32 Å². The lowest BCUT2D eigenvalue weighted by Gasteiger charge is -2.05. The summed E-state index contributed by atoms with van der Waals surface area (Å²) in [4.78, 5) is 4.02. The Morgan fingerprint density at radius 2 is 2.25 bits per heavy atom. The van der Waals surface area contributed by atoms with Crippen molar-refractivity contribution in [1.82, 2.24) is 4.98 Å². The predicted molar refractivity (Wildman–Crippen MR) is 58.8 cm³/mol. The molecule has 0 atom stereocenters. The summed E-state index contributed by atoms with van der Waals surface area (Å²) in [7, 11) is 0. The van der Waals surface area contributed by atoms with Crippen molar-refractivity contribution in [2.75, 3.05) is 17.6 Å². The van der Waals surface area contributed by atoms with E-state index in [4.69, 9.17) is 16.9 Å². The van der Waals surface area contributed by atoms with E-state index in [1.807, 2.05) is 6.07 Å². The summed E-state index contributed by atoms with van der Waals surface area (Å²) in [5.41, 5.74) is -4.22.